The van der Waals surface area contributed by atoms with E-state index in [0.29, 0.717) is 11.4 Å². The van der Waals surface area contributed by atoms with Gasteiger partial charge in [-0.25, -0.2) is 0 Å². The molecule has 0 radical (unpaired) electrons. The van der Waals surface area contributed by atoms with Crippen molar-refractivity contribution in [3.8, 4) is 0 Å². The molecule has 0 aliphatic carbocycles. The van der Waals surface area contributed by atoms with E-state index in [0.717, 1.165) is 22.0 Å². The number of hydrogen-bond donors (Lipinski definition) is 3. The molecule has 2 aromatic carbocycles. The number of carbonyl (C=O) groups excluding carboxylic acids is 1. The quantitative estimate of drug-likeness (QED) is 0.689. The maximum Gasteiger partial charge on any atom is 0.272 e. The Morgan fingerprint density at radius 1 is 1.19 bits per heavy atom. The first-order valence-corrected chi connectivity index (χ1v) is 6.77. The number of amides is 1. The summed E-state index contributed by atoms with van der Waals surface area (Å²) in [6, 6.07) is 15.1. The van der Waals surface area contributed by atoms with Gasteiger partial charge in [0, 0.05) is 16.6 Å². The minimum absolute atomic E-state index is 0.0461. The molecular weight excluding hydrogens is 264 g/mol. The smallest absolute Gasteiger partial charge is 0.272 e. The van der Waals surface area contributed by atoms with Gasteiger partial charge >= 0.3 is 0 Å². The maximum atomic E-state index is 12.3. The number of carbonyl (C=O) groups is 1. The fourth-order valence-electron chi connectivity index (χ4n) is 2.29. The van der Waals surface area contributed by atoms with Gasteiger partial charge in [0.2, 0.25) is 0 Å². The van der Waals surface area contributed by atoms with Gasteiger partial charge in [-0.3, -0.25) is 4.79 Å². The number of hydrogen-bond acceptors (Lipinski definition) is 2. The maximum absolute atomic E-state index is 12.3. The Bertz CT molecular complexity index is 772. The molecule has 1 aromatic heterocycles. The van der Waals surface area contributed by atoms with Crippen molar-refractivity contribution in [1.29, 1.82) is 0 Å². The Balaban J connectivity index is 1.89. The second-order valence-electron chi connectivity index (χ2n) is 5.03. The molecule has 0 bridgehead atoms. The van der Waals surface area contributed by atoms with Gasteiger partial charge in [0.15, 0.2) is 0 Å². The normalized spacial score (nSPS) is 10.8. The Hall–Kier alpha value is -2.59. The molecule has 4 nitrogen and oxygen atoms in total. The van der Waals surface area contributed by atoms with E-state index in [9.17, 15) is 9.90 Å². The molecule has 3 N–H and O–H groups in total. The summed E-state index contributed by atoms with van der Waals surface area (Å²) in [6.45, 7) is 1.87. The van der Waals surface area contributed by atoms with Gasteiger partial charge < -0.3 is 15.4 Å². The number of aromatic nitrogens is 1. The summed E-state index contributed by atoms with van der Waals surface area (Å²) in [5.41, 5.74) is 3.89. The van der Waals surface area contributed by atoms with E-state index >= 15 is 0 Å². The minimum atomic E-state index is -0.190. The predicted molar refractivity (Wildman–Crippen MR) is 83.4 cm³/mol. The Labute approximate surface area is 122 Å². The summed E-state index contributed by atoms with van der Waals surface area (Å²) in [4.78, 5) is 15.4. The molecule has 0 saturated carbocycles. The third-order valence-corrected chi connectivity index (χ3v) is 3.51. The molecule has 1 heterocycles. The monoisotopic (exact) mass is 280 g/mol. The summed E-state index contributed by atoms with van der Waals surface area (Å²) in [5.74, 6) is -0.190. The molecular formula is C17H16N2O2. The largest absolute Gasteiger partial charge is 0.392 e. The fraction of sp³-hybridized carbons (Fsp3) is 0.118. The van der Waals surface area contributed by atoms with Crippen LogP contribution in [0.25, 0.3) is 10.9 Å². The Kier molecular flexibility index (Phi) is 3.46. The van der Waals surface area contributed by atoms with Gasteiger partial charge in [-0.1, -0.05) is 30.3 Å². The van der Waals surface area contributed by atoms with Crippen LogP contribution in [0.4, 0.5) is 5.69 Å². The summed E-state index contributed by atoms with van der Waals surface area (Å²) >= 11 is 0. The zero-order valence-corrected chi connectivity index (χ0v) is 11.7. The molecule has 1 amide bonds. The molecule has 21 heavy (non-hydrogen) atoms. The molecule has 0 saturated heterocycles. The number of fused-ring (bicyclic) bond motifs is 1. The molecule has 0 atom stereocenters. The highest BCUT2D eigenvalue weighted by Gasteiger charge is 2.11. The molecule has 3 aromatic rings. The SMILES string of the molecule is Cc1ccc(CO)cc1NC(=O)c1cc2ccccc2[nH]1. The van der Waals surface area contributed by atoms with E-state index < -0.39 is 0 Å². The topological polar surface area (TPSA) is 65.1 Å². The Morgan fingerprint density at radius 2 is 2.00 bits per heavy atom. The number of anilines is 1. The fourth-order valence-corrected chi connectivity index (χ4v) is 2.29. The molecule has 0 aliphatic rings. The van der Waals surface area contributed by atoms with Crippen molar-refractivity contribution >= 4 is 22.5 Å². The number of H-pyrrole nitrogens is 1. The second-order valence-corrected chi connectivity index (χ2v) is 5.03. The van der Waals surface area contributed by atoms with Gasteiger partial charge in [0.25, 0.3) is 5.91 Å². The summed E-state index contributed by atoms with van der Waals surface area (Å²) < 4.78 is 0. The third kappa shape index (κ3) is 2.66. The molecule has 0 fully saturated rings. The molecule has 3 rings (SSSR count). The number of aromatic amines is 1. The van der Waals surface area contributed by atoms with Crippen LogP contribution in [0.1, 0.15) is 21.6 Å². The standard InChI is InChI=1S/C17H16N2O2/c1-11-6-7-12(10-20)8-15(11)19-17(21)16-9-13-4-2-3-5-14(13)18-16/h2-9,18,20H,10H2,1H3,(H,19,21). The average molecular weight is 280 g/mol. The predicted octanol–water partition coefficient (Wildman–Crippen LogP) is 3.22. The van der Waals surface area contributed by atoms with Gasteiger partial charge in [0.1, 0.15) is 5.69 Å². The lowest BCUT2D eigenvalue weighted by molar-refractivity contribution is 0.102. The van der Waals surface area contributed by atoms with E-state index in [2.05, 4.69) is 10.3 Å². The van der Waals surface area contributed by atoms with Crippen LogP contribution in [-0.4, -0.2) is 16.0 Å². The molecule has 4 heteroatoms. The number of nitrogens with one attached hydrogen (secondary N) is 2. The first kappa shape index (κ1) is 13.4. The van der Waals surface area contributed by atoms with E-state index in [1.54, 1.807) is 6.07 Å². The van der Waals surface area contributed by atoms with Gasteiger partial charge in [0.05, 0.1) is 6.61 Å². The lowest BCUT2D eigenvalue weighted by Crippen LogP contribution is -2.13. The minimum Gasteiger partial charge on any atom is -0.392 e. The zero-order valence-electron chi connectivity index (χ0n) is 11.7. The van der Waals surface area contributed by atoms with Crippen molar-refractivity contribution in [3.05, 3.63) is 65.4 Å². The van der Waals surface area contributed by atoms with Crippen LogP contribution in [-0.2, 0) is 6.61 Å². The van der Waals surface area contributed by atoms with Crippen molar-refractivity contribution in [2.45, 2.75) is 13.5 Å². The van der Waals surface area contributed by atoms with Crippen LogP contribution in [0.3, 0.4) is 0 Å². The van der Waals surface area contributed by atoms with Crippen molar-refractivity contribution in [3.63, 3.8) is 0 Å². The molecule has 0 spiro atoms. The first-order valence-electron chi connectivity index (χ1n) is 6.77. The second kappa shape index (κ2) is 5.42. The molecule has 0 unspecified atom stereocenters. The third-order valence-electron chi connectivity index (χ3n) is 3.51. The lowest BCUT2D eigenvalue weighted by Gasteiger charge is -2.09. The number of aliphatic hydroxyl groups is 1. The highest BCUT2D eigenvalue weighted by molar-refractivity contribution is 6.06. The molecule has 106 valence electrons. The van der Waals surface area contributed by atoms with Crippen molar-refractivity contribution < 1.29 is 9.90 Å². The van der Waals surface area contributed by atoms with Crippen LogP contribution >= 0.6 is 0 Å². The van der Waals surface area contributed by atoms with Crippen LogP contribution in [0.2, 0.25) is 0 Å². The van der Waals surface area contributed by atoms with E-state index in [1.807, 2.05) is 49.4 Å². The Morgan fingerprint density at radius 3 is 2.76 bits per heavy atom. The van der Waals surface area contributed by atoms with E-state index in [4.69, 9.17) is 0 Å². The summed E-state index contributed by atoms with van der Waals surface area (Å²) in [6.07, 6.45) is 0. The first-order chi connectivity index (χ1) is 10.2. The van der Waals surface area contributed by atoms with Crippen molar-refractivity contribution in [2.75, 3.05) is 5.32 Å². The highest BCUT2D eigenvalue weighted by atomic mass is 16.3. The van der Waals surface area contributed by atoms with Crippen LogP contribution in [0.15, 0.2) is 48.5 Å². The number of para-hydroxylation sites is 1. The van der Waals surface area contributed by atoms with Crippen LogP contribution in [0, 0.1) is 6.92 Å². The van der Waals surface area contributed by atoms with E-state index in [1.165, 1.54) is 0 Å². The number of aryl methyl sites for hydroxylation is 1. The summed E-state index contributed by atoms with van der Waals surface area (Å²) in [5, 5.41) is 13.1. The number of benzene rings is 2. The van der Waals surface area contributed by atoms with Gasteiger partial charge in [-0.2, -0.15) is 0 Å². The highest BCUT2D eigenvalue weighted by Crippen LogP contribution is 2.19. The van der Waals surface area contributed by atoms with E-state index in [-0.39, 0.29) is 12.5 Å². The van der Waals surface area contributed by atoms with Crippen LogP contribution < -0.4 is 5.32 Å². The molecule has 0 aliphatic heterocycles. The number of rotatable bonds is 3. The van der Waals surface area contributed by atoms with Crippen LogP contribution in [0.5, 0.6) is 0 Å². The lowest BCUT2D eigenvalue weighted by atomic mass is 10.1. The van der Waals surface area contributed by atoms with Crippen molar-refractivity contribution in [2.24, 2.45) is 0 Å². The van der Waals surface area contributed by atoms with Gasteiger partial charge in [-0.15, -0.1) is 0 Å². The van der Waals surface area contributed by atoms with Crippen molar-refractivity contribution in [1.82, 2.24) is 4.98 Å². The van der Waals surface area contributed by atoms with Gasteiger partial charge in [-0.05, 0) is 36.2 Å². The zero-order chi connectivity index (χ0) is 14.8. The number of aliphatic hydroxyl groups excluding tert-OH is 1. The summed E-state index contributed by atoms with van der Waals surface area (Å²) in [7, 11) is 0. The average Bonchev–Trinajstić information content (AvgIpc) is 2.93.